The van der Waals surface area contributed by atoms with Crippen LogP contribution in [-0.4, -0.2) is 41.6 Å². The highest BCUT2D eigenvalue weighted by atomic mass is 32.2. The summed E-state index contributed by atoms with van der Waals surface area (Å²) in [6.07, 6.45) is 1.52. The molecule has 1 N–H and O–H groups in total. The molecule has 8 heteroatoms. The number of ether oxygens (including phenoxy) is 2. The van der Waals surface area contributed by atoms with Crippen LogP contribution in [0.25, 0.3) is 0 Å². The monoisotopic (exact) mass is 390 g/mol. The summed E-state index contributed by atoms with van der Waals surface area (Å²) in [5.74, 6) is 0.247. The van der Waals surface area contributed by atoms with Gasteiger partial charge in [0, 0.05) is 12.6 Å². The normalized spacial score (nSPS) is 10.7. The fraction of sp³-hybridized carbons (Fsp3) is 0.211. The third-order valence-electron chi connectivity index (χ3n) is 3.72. The van der Waals surface area contributed by atoms with E-state index in [9.17, 15) is 13.2 Å². The smallest absolute Gasteiger partial charge is 0.264 e. The number of nitrogens with zero attached hydrogens (tertiary/aromatic N) is 1. The molecule has 0 saturated carbocycles. The number of hydrogen-bond acceptors (Lipinski definition) is 5. The number of carbonyl (C=O) groups excluding carboxylic acids is 1. The molecule has 0 saturated heterocycles. The van der Waals surface area contributed by atoms with Crippen molar-refractivity contribution in [3.63, 3.8) is 0 Å². The van der Waals surface area contributed by atoms with Gasteiger partial charge in [-0.3, -0.25) is 9.10 Å². The lowest BCUT2D eigenvalue weighted by Gasteiger charge is -2.24. The number of anilines is 1. The summed E-state index contributed by atoms with van der Waals surface area (Å²) >= 11 is 0. The van der Waals surface area contributed by atoms with E-state index in [2.05, 4.69) is 11.9 Å². The average molecular weight is 390 g/mol. The van der Waals surface area contributed by atoms with E-state index < -0.39 is 15.9 Å². The van der Waals surface area contributed by atoms with Gasteiger partial charge in [-0.25, -0.2) is 8.42 Å². The molecule has 0 aliphatic rings. The van der Waals surface area contributed by atoms with E-state index in [-0.39, 0.29) is 23.7 Å². The highest BCUT2D eigenvalue weighted by Gasteiger charge is 2.28. The molecular formula is C19H22N2O5S. The third kappa shape index (κ3) is 4.79. The van der Waals surface area contributed by atoms with Gasteiger partial charge in [0.25, 0.3) is 10.0 Å². The van der Waals surface area contributed by atoms with Crippen LogP contribution in [0.1, 0.15) is 0 Å². The predicted molar refractivity (Wildman–Crippen MR) is 104 cm³/mol. The number of hydrogen-bond donors (Lipinski definition) is 1. The van der Waals surface area contributed by atoms with Crippen LogP contribution in [0.4, 0.5) is 5.69 Å². The van der Waals surface area contributed by atoms with E-state index >= 15 is 0 Å². The number of nitrogens with one attached hydrogen (secondary N) is 1. The van der Waals surface area contributed by atoms with Gasteiger partial charge in [-0.2, -0.15) is 0 Å². The fourth-order valence-electron chi connectivity index (χ4n) is 2.39. The molecule has 0 atom stereocenters. The quantitative estimate of drug-likeness (QED) is 0.664. The topological polar surface area (TPSA) is 84.9 Å². The van der Waals surface area contributed by atoms with Crippen LogP contribution in [0.3, 0.4) is 0 Å². The number of rotatable bonds is 9. The van der Waals surface area contributed by atoms with Crippen molar-refractivity contribution in [2.75, 3.05) is 31.6 Å². The largest absolute Gasteiger partial charge is 0.493 e. The van der Waals surface area contributed by atoms with Gasteiger partial charge in [0.1, 0.15) is 6.54 Å². The summed E-state index contributed by atoms with van der Waals surface area (Å²) < 4.78 is 37.9. The second kappa shape index (κ2) is 9.09. The number of carbonyl (C=O) groups is 1. The average Bonchev–Trinajstić information content (AvgIpc) is 2.70. The van der Waals surface area contributed by atoms with Crippen molar-refractivity contribution in [1.29, 1.82) is 0 Å². The summed E-state index contributed by atoms with van der Waals surface area (Å²) in [5.41, 5.74) is 0.376. The zero-order chi connectivity index (χ0) is 19.9. The minimum atomic E-state index is -4.02. The number of para-hydroxylation sites is 1. The molecule has 0 radical (unpaired) electrons. The van der Waals surface area contributed by atoms with Gasteiger partial charge in [0.05, 0.1) is 24.8 Å². The summed E-state index contributed by atoms with van der Waals surface area (Å²) in [5, 5.41) is 2.59. The minimum Gasteiger partial charge on any atom is -0.493 e. The molecule has 0 bridgehead atoms. The lowest BCUT2D eigenvalue weighted by molar-refractivity contribution is -0.119. The Hall–Kier alpha value is -3.00. The molecule has 0 aromatic heterocycles. The maximum Gasteiger partial charge on any atom is 0.264 e. The maximum absolute atomic E-state index is 13.2. The van der Waals surface area contributed by atoms with E-state index in [1.54, 1.807) is 30.3 Å². The van der Waals surface area contributed by atoms with Gasteiger partial charge in [0.15, 0.2) is 11.5 Å². The number of amides is 1. The molecule has 2 rings (SSSR count). The minimum absolute atomic E-state index is 0.0134. The van der Waals surface area contributed by atoms with E-state index in [1.165, 1.54) is 38.5 Å². The van der Waals surface area contributed by atoms with Gasteiger partial charge in [-0.15, -0.1) is 6.58 Å². The molecular weight excluding hydrogens is 368 g/mol. The first-order chi connectivity index (χ1) is 12.9. The maximum atomic E-state index is 13.2. The first-order valence-corrected chi connectivity index (χ1v) is 9.55. The Balaban J connectivity index is 2.47. The standard InChI is InChI=1S/C19H22N2O5S/c1-4-12-20-19(22)14-21(15-8-6-5-7-9-15)27(23,24)16-10-11-17(25-2)18(13-16)26-3/h4-11,13H,1,12,14H2,2-3H3,(H,20,22). The van der Waals surface area contributed by atoms with Crippen LogP contribution in [0, 0.1) is 0 Å². The summed E-state index contributed by atoms with van der Waals surface area (Å²) in [4.78, 5) is 12.2. The molecule has 0 unspecified atom stereocenters. The lowest BCUT2D eigenvalue weighted by atomic mass is 10.3. The van der Waals surface area contributed by atoms with E-state index in [1.807, 2.05) is 0 Å². The molecule has 2 aromatic rings. The zero-order valence-corrected chi connectivity index (χ0v) is 16.0. The first kappa shape index (κ1) is 20.3. The molecule has 144 valence electrons. The Kier molecular flexibility index (Phi) is 6.84. The molecule has 0 fully saturated rings. The van der Waals surface area contributed by atoms with Crippen molar-refractivity contribution in [3.8, 4) is 11.5 Å². The van der Waals surface area contributed by atoms with E-state index in [0.29, 0.717) is 11.4 Å². The molecule has 27 heavy (non-hydrogen) atoms. The molecule has 1 amide bonds. The fourth-order valence-corrected chi connectivity index (χ4v) is 3.82. The van der Waals surface area contributed by atoms with Crippen LogP contribution in [-0.2, 0) is 14.8 Å². The Morgan fingerprint density at radius 1 is 1.11 bits per heavy atom. The molecule has 0 aliphatic carbocycles. The van der Waals surface area contributed by atoms with Crippen molar-refractivity contribution < 1.29 is 22.7 Å². The summed E-state index contributed by atoms with van der Waals surface area (Å²) in [7, 11) is -1.13. The second-order valence-corrected chi connectivity index (χ2v) is 7.32. The summed E-state index contributed by atoms with van der Waals surface area (Å²) in [6, 6.07) is 12.7. The van der Waals surface area contributed by atoms with Gasteiger partial charge < -0.3 is 14.8 Å². The van der Waals surface area contributed by atoms with Crippen molar-refractivity contribution in [2.45, 2.75) is 4.90 Å². The lowest BCUT2D eigenvalue weighted by Crippen LogP contribution is -2.40. The first-order valence-electron chi connectivity index (χ1n) is 8.11. The second-order valence-electron chi connectivity index (χ2n) is 5.46. The molecule has 2 aromatic carbocycles. The van der Waals surface area contributed by atoms with E-state index in [0.717, 1.165) is 4.31 Å². The van der Waals surface area contributed by atoms with Crippen molar-refractivity contribution in [2.24, 2.45) is 0 Å². The number of methoxy groups -OCH3 is 2. The van der Waals surface area contributed by atoms with Gasteiger partial charge in [-0.1, -0.05) is 24.3 Å². The van der Waals surface area contributed by atoms with Gasteiger partial charge >= 0.3 is 0 Å². The van der Waals surface area contributed by atoms with Crippen LogP contribution < -0.4 is 19.1 Å². The van der Waals surface area contributed by atoms with Gasteiger partial charge in [-0.05, 0) is 24.3 Å². The van der Waals surface area contributed by atoms with Crippen molar-refractivity contribution >= 4 is 21.6 Å². The Morgan fingerprint density at radius 3 is 2.37 bits per heavy atom. The zero-order valence-electron chi connectivity index (χ0n) is 15.2. The van der Waals surface area contributed by atoms with Crippen LogP contribution in [0.15, 0.2) is 66.1 Å². The highest BCUT2D eigenvalue weighted by molar-refractivity contribution is 7.92. The third-order valence-corrected chi connectivity index (χ3v) is 5.49. The van der Waals surface area contributed by atoms with Crippen molar-refractivity contribution in [1.82, 2.24) is 5.32 Å². The predicted octanol–water partition coefficient (Wildman–Crippen LogP) is 2.20. The van der Waals surface area contributed by atoms with Crippen LogP contribution >= 0.6 is 0 Å². The Morgan fingerprint density at radius 2 is 1.78 bits per heavy atom. The summed E-state index contributed by atoms with van der Waals surface area (Å²) in [6.45, 7) is 3.41. The Labute approximate surface area is 159 Å². The number of sulfonamides is 1. The van der Waals surface area contributed by atoms with Crippen LogP contribution in [0.2, 0.25) is 0 Å². The van der Waals surface area contributed by atoms with Gasteiger partial charge in [0.2, 0.25) is 5.91 Å². The van der Waals surface area contributed by atoms with Crippen molar-refractivity contribution in [3.05, 3.63) is 61.2 Å². The molecule has 0 spiro atoms. The SMILES string of the molecule is C=CCNC(=O)CN(c1ccccc1)S(=O)(=O)c1ccc(OC)c(OC)c1. The Bertz CT molecular complexity index is 898. The molecule has 0 heterocycles. The highest BCUT2D eigenvalue weighted by Crippen LogP contribution is 2.32. The molecule has 0 aliphatic heterocycles. The number of benzene rings is 2. The molecule has 7 nitrogen and oxygen atoms in total. The van der Waals surface area contributed by atoms with Crippen LogP contribution in [0.5, 0.6) is 11.5 Å². The van der Waals surface area contributed by atoms with E-state index in [4.69, 9.17) is 9.47 Å².